The lowest BCUT2D eigenvalue weighted by Crippen LogP contribution is -2.17. The zero-order valence-corrected chi connectivity index (χ0v) is 13.0. The Hall–Kier alpha value is -2.24. The van der Waals surface area contributed by atoms with Crippen molar-refractivity contribution in [2.24, 2.45) is 5.10 Å². The number of hydrazone groups is 1. The number of ether oxygens (including phenoxy) is 1. The van der Waals surface area contributed by atoms with Crippen molar-refractivity contribution in [1.82, 2.24) is 5.43 Å². The molecule has 7 heteroatoms. The highest BCUT2D eigenvalue weighted by Gasteiger charge is 2.07. The molecule has 0 saturated carbocycles. The lowest BCUT2D eigenvalue weighted by atomic mass is 10.2. The van der Waals surface area contributed by atoms with Gasteiger partial charge in [-0.25, -0.2) is 5.43 Å². The number of nitrogens with one attached hydrogen (secondary N) is 1. The van der Waals surface area contributed by atoms with Crippen LogP contribution in [0, 0.1) is 0 Å². The van der Waals surface area contributed by atoms with Crippen LogP contribution < -0.4 is 10.2 Å². The van der Waals surface area contributed by atoms with Gasteiger partial charge in [0.1, 0.15) is 0 Å². The van der Waals surface area contributed by atoms with Crippen molar-refractivity contribution >= 4 is 35.3 Å². The van der Waals surface area contributed by atoms with E-state index in [1.807, 2.05) is 0 Å². The van der Waals surface area contributed by atoms with E-state index in [2.05, 4.69) is 10.5 Å². The largest absolute Gasteiger partial charge is 0.504 e. The Morgan fingerprint density at radius 3 is 2.68 bits per heavy atom. The molecule has 0 unspecified atom stereocenters. The number of carbonyl (C=O) groups excluding carboxylic acids is 1. The summed E-state index contributed by atoms with van der Waals surface area (Å²) >= 11 is 11.6. The zero-order chi connectivity index (χ0) is 16.1. The van der Waals surface area contributed by atoms with Crippen LogP contribution in [0.15, 0.2) is 41.5 Å². The van der Waals surface area contributed by atoms with E-state index < -0.39 is 5.91 Å². The minimum atomic E-state index is -0.416. The third kappa shape index (κ3) is 3.90. The number of carbonyl (C=O) groups is 1. The predicted molar refractivity (Wildman–Crippen MR) is 86.2 cm³/mol. The molecule has 0 aliphatic heterocycles. The van der Waals surface area contributed by atoms with Crippen LogP contribution in [0.3, 0.4) is 0 Å². The minimum absolute atomic E-state index is 0.0273. The summed E-state index contributed by atoms with van der Waals surface area (Å²) < 4.78 is 4.98. The normalized spacial score (nSPS) is 10.7. The molecule has 2 aromatic rings. The van der Waals surface area contributed by atoms with E-state index in [4.69, 9.17) is 27.9 Å². The summed E-state index contributed by atoms with van der Waals surface area (Å²) in [6.45, 7) is 0. The highest BCUT2D eigenvalue weighted by Crippen LogP contribution is 2.25. The van der Waals surface area contributed by atoms with E-state index in [0.717, 1.165) is 0 Å². The van der Waals surface area contributed by atoms with Gasteiger partial charge < -0.3 is 9.84 Å². The third-order valence-electron chi connectivity index (χ3n) is 2.77. The molecule has 2 N–H and O–H groups in total. The first-order valence-corrected chi connectivity index (χ1v) is 6.92. The van der Waals surface area contributed by atoms with Gasteiger partial charge in [0, 0.05) is 5.56 Å². The summed E-state index contributed by atoms with van der Waals surface area (Å²) in [4.78, 5) is 11.9. The van der Waals surface area contributed by atoms with E-state index in [0.29, 0.717) is 26.9 Å². The molecule has 1 amide bonds. The molecule has 0 aromatic heterocycles. The van der Waals surface area contributed by atoms with E-state index in [-0.39, 0.29) is 5.75 Å². The average Bonchev–Trinajstić information content (AvgIpc) is 2.51. The Labute approximate surface area is 137 Å². The number of hydrogen-bond donors (Lipinski definition) is 2. The molecular weight excluding hydrogens is 327 g/mol. The Kier molecular flexibility index (Phi) is 5.25. The van der Waals surface area contributed by atoms with Crippen LogP contribution in [0.25, 0.3) is 0 Å². The van der Waals surface area contributed by atoms with E-state index in [1.54, 1.807) is 18.2 Å². The van der Waals surface area contributed by atoms with Crippen molar-refractivity contribution in [2.75, 3.05) is 7.11 Å². The molecule has 2 aromatic carbocycles. The summed E-state index contributed by atoms with van der Waals surface area (Å²) in [5.41, 5.74) is 3.37. The number of phenols is 1. The Balaban J connectivity index is 2.05. The van der Waals surface area contributed by atoms with Gasteiger partial charge in [0.25, 0.3) is 5.91 Å². The van der Waals surface area contributed by atoms with Crippen molar-refractivity contribution in [3.8, 4) is 11.5 Å². The Morgan fingerprint density at radius 2 is 2.00 bits per heavy atom. The Morgan fingerprint density at radius 1 is 1.23 bits per heavy atom. The Bertz CT molecular complexity index is 733. The lowest BCUT2D eigenvalue weighted by molar-refractivity contribution is 0.0955. The number of benzene rings is 2. The molecule has 0 spiro atoms. The summed E-state index contributed by atoms with van der Waals surface area (Å²) in [7, 11) is 1.45. The van der Waals surface area contributed by atoms with Gasteiger partial charge in [0.15, 0.2) is 11.5 Å². The average molecular weight is 339 g/mol. The van der Waals surface area contributed by atoms with Crippen molar-refractivity contribution in [3.63, 3.8) is 0 Å². The summed E-state index contributed by atoms with van der Waals surface area (Å²) in [5.74, 6) is -0.0696. The molecule has 0 fully saturated rings. The highest BCUT2D eigenvalue weighted by atomic mass is 35.5. The number of hydrogen-bond acceptors (Lipinski definition) is 4. The maximum atomic E-state index is 11.9. The second-order valence-corrected chi connectivity index (χ2v) is 5.07. The molecule has 0 saturated heterocycles. The molecule has 0 aliphatic rings. The lowest BCUT2D eigenvalue weighted by Gasteiger charge is -2.04. The van der Waals surface area contributed by atoms with Crippen LogP contribution in [0.5, 0.6) is 11.5 Å². The maximum Gasteiger partial charge on any atom is 0.271 e. The monoisotopic (exact) mass is 338 g/mol. The predicted octanol–water partition coefficient (Wildman–Crippen LogP) is 3.47. The van der Waals surface area contributed by atoms with Gasteiger partial charge in [0.05, 0.1) is 23.4 Å². The molecular formula is C15H12Cl2N2O3. The van der Waals surface area contributed by atoms with Gasteiger partial charge in [-0.15, -0.1) is 0 Å². The standard InChI is InChI=1S/C15H12Cl2N2O3/c1-22-14-6-9(2-5-13(14)20)8-18-19-15(21)10-3-4-11(16)12(17)7-10/h2-8,20H,1H3,(H,19,21). The van der Waals surface area contributed by atoms with Gasteiger partial charge in [-0.3, -0.25) is 4.79 Å². The number of amides is 1. The van der Waals surface area contributed by atoms with Crippen molar-refractivity contribution in [3.05, 3.63) is 57.6 Å². The van der Waals surface area contributed by atoms with Gasteiger partial charge in [-0.05, 0) is 42.0 Å². The van der Waals surface area contributed by atoms with Crippen LogP contribution in [-0.2, 0) is 0 Å². The summed E-state index contributed by atoms with van der Waals surface area (Å²) in [6, 6.07) is 9.23. The first kappa shape index (κ1) is 16.1. The molecule has 0 aliphatic carbocycles. The second kappa shape index (κ2) is 7.15. The van der Waals surface area contributed by atoms with Crippen molar-refractivity contribution in [2.45, 2.75) is 0 Å². The van der Waals surface area contributed by atoms with Crippen LogP contribution in [0.2, 0.25) is 10.0 Å². The zero-order valence-electron chi connectivity index (χ0n) is 11.5. The second-order valence-electron chi connectivity index (χ2n) is 4.26. The SMILES string of the molecule is COc1cc(C=NNC(=O)c2ccc(Cl)c(Cl)c2)ccc1O. The van der Waals surface area contributed by atoms with Gasteiger partial charge >= 0.3 is 0 Å². The van der Waals surface area contributed by atoms with Crippen LogP contribution in [0.1, 0.15) is 15.9 Å². The van der Waals surface area contributed by atoms with Crippen LogP contribution in [-0.4, -0.2) is 24.3 Å². The quantitative estimate of drug-likeness (QED) is 0.662. The third-order valence-corrected chi connectivity index (χ3v) is 3.50. The summed E-state index contributed by atoms with van der Waals surface area (Å²) in [5, 5.41) is 14.0. The van der Waals surface area contributed by atoms with E-state index in [1.165, 1.54) is 31.5 Å². The van der Waals surface area contributed by atoms with Gasteiger partial charge in [-0.2, -0.15) is 5.10 Å². The fourth-order valence-corrected chi connectivity index (χ4v) is 1.94. The molecule has 0 atom stereocenters. The fourth-order valence-electron chi connectivity index (χ4n) is 1.64. The smallest absolute Gasteiger partial charge is 0.271 e. The number of nitrogens with zero attached hydrogens (tertiary/aromatic N) is 1. The highest BCUT2D eigenvalue weighted by molar-refractivity contribution is 6.42. The number of methoxy groups -OCH3 is 1. The van der Waals surface area contributed by atoms with Gasteiger partial charge in [-0.1, -0.05) is 23.2 Å². The fraction of sp³-hybridized carbons (Fsp3) is 0.0667. The van der Waals surface area contributed by atoms with Crippen molar-refractivity contribution < 1.29 is 14.6 Å². The molecule has 114 valence electrons. The topological polar surface area (TPSA) is 70.9 Å². The van der Waals surface area contributed by atoms with E-state index in [9.17, 15) is 9.90 Å². The van der Waals surface area contributed by atoms with Crippen molar-refractivity contribution in [1.29, 1.82) is 0 Å². The molecule has 0 heterocycles. The first-order chi connectivity index (χ1) is 10.5. The van der Waals surface area contributed by atoms with Crippen LogP contribution >= 0.6 is 23.2 Å². The molecule has 2 rings (SSSR count). The minimum Gasteiger partial charge on any atom is -0.504 e. The number of aromatic hydroxyl groups is 1. The van der Waals surface area contributed by atoms with Crippen LogP contribution in [0.4, 0.5) is 0 Å². The molecule has 0 radical (unpaired) electrons. The molecule has 22 heavy (non-hydrogen) atoms. The van der Waals surface area contributed by atoms with Gasteiger partial charge in [0.2, 0.25) is 0 Å². The van der Waals surface area contributed by atoms with E-state index >= 15 is 0 Å². The maximum absolute atomic E-state index is 11.9. The first-order valence-electron chi connectivity index (χ1n) is 6.16. The molecule has 0 bridgehead atoms. The number of rotatable bonds is 4. The number of halogens is 2. The molecule has 5 nitrogen and oxygen atoms in total. The number of phenolic OH excluding ortho intramolecular Hbond substituents is 1. The summed E-state index contributed by atoms with van der Waals surface area (Å²) in [6.07, 6.45) is 1.43.